The van der Waals surface area contributed by atoms with Crippen molar-refractivity contribution in [2.24, 2.45) is 0 Å². The Morgan fingerprint density at radius 1 is 1.26 bits per heavy atom. The third-order valence-electron chi connectivity index (χ3n) is 3.59. The standard InChI is InChI=1S/C18H14FN3O3S2/c1-10-3-5-14(13(19)7-10)21-17(23)12-4-6-16(15(8-12)22(24)25)27-18-20-11(2)9-26-18/h3-9H,1-2H3,(H,21,23). The Labute approximate surface area is 162 Å². The quantitative estimate of drug-likeness (QED) is 0.467. The number of benzene rings is 2. The minimum Gasteiger partial charge on any atom is -0.319 e. The molecule has 138 valence electrons. The highest BCUT2D eigenvalue weighted by molar-refractivity contribution is 8.01. The largest absolute Gasteiger partial charge is 0.319 e. The van der Waals surface area contributed by atoms with Gasteiger partial charge in [-0.1, -0.05) is 17.8 Å². The molecule has 2 aromatic carbocycles. The van der Waals surface area contributed by atoms with Gasteiger partial charge < -0.3 is 5.32 Å². The summed E-state index contributed by atoms with van der Waals surface area (Å²) < 4.78 is 14.6. The van der Waals surface area contributed by atoms with E-state index in [2.05, 4.69) is 10.3 Å². The molecule has 0 unspecified atom stereocenters. The van der Waals surface area contributed by atoms with E-state index in [4.69, 9.17) is 0 Å². The van der Waals surface area contributed by atoms with Gasteiger partial charge in [-0.15, -0.1) is 11.3 Å². The Hall–Kier alpha value is -2.78. The average molecular weight is 403 g/mol. The Morgan fingerprint density at radius 2 is 2.04 bits per heavy atom. The van der Waals surface area contributed by atoms with Crippen LogP contribution in [0.3, 0.4) is 0 Å². The van der Waals surface area contributed by atoms with Crippen LogP contribution in [0.4, 0.5) is 15.8 Å². The summed E-state index contributed by atoms with van der Waals surface area (Å²) in [5, 5.41) is 15.7. The van der Waals surface area contributed by atoms with Gasteiger partial charge in [0.1, 0.15) is 5.82 Å². The van der Waals surface area contributed by atoms with Gasteiger partial charge in [0, 0.05) is 22.7 Å². The lowest BCUT2D eigenvalue weighted by Crippen LogP contribution is -2.13. The van der Waals surface area contributed by atoms with Crippen molar-refractivity contribution in [1.82, 2.24) is 4.98 Å². The monoisotopic (exact) mass is 403 g/mol. The summed E-state index contributed by atoms with van der Waals surface area (Å²) in [7, 11) is 0. The number of aryl methyl sites for hydroxylation is 2. The lowest BCUT2D eigenvalue weighted by atomic mass is 10.1. The first-order valence-electron chi connectivity index (χ1n) is 7.79. The fraction of sp³-hybridized carbons (Fsp3) is 0.111. The molecule has 0 spiro atoms. The van der Waals surface area contributed by atoms with Crippen molar-refractivity contribution in [1.29, 1.82) is 0 Å². The number of hydrogen-bond acceptors (Lipinski definition) is 6. The third kappa shape index (κ3) is 4.50. The minimum absolute atomic E-state index is 0.0185. The SMILES string of the molecule is Cc1ccc(NC(=O)c2ccc(Sc3nc(C)cs3)c([N+](=O)[O-])c2)c(F)c1. The van der Waals surface area contributed by atoms with E-state index >= 15 is 0 Å². The van der Waals surface area contributed by atoms with Gasteiger partial charge in [0.05, 0.1) is 15.5 Å². The molecule has 0 radical (unpaired) electrons. The molecule has 0 aliphatic rings. The zero-order valence-corrected chi connectivity index (χ0v) is 16.0. The van der Waals surface area contributed by atoms with Crippen LogP contribution in [0, 0.1) is 29.8 Å². The van der Waals surface area contributed by atoms with E-state index in [1.54, 1.807) is 13.0 Å². The van der Waals surface area contributed by atoms with Crippen molar-refractivity contribution in [2.45, 2.75) is 23.1 Å². The van der Waals surface area contributed by atoms with Gasteiger partial charge in [-0.3, -0.25) is 14.9 Å². The van der Waals surface area contributed by atoms with Crippen LogP contribution in [0.5, 0.6) is 0 Å². The second-order valence-corrected chi connectivity index (χ2v) is 7.88. The van der Waals surface area contributed by atoms with Crippen molar-refractivity contribution in [3.63, 3.8) is 0 Å². The van der Waals surface area contributed by atoms with Crippen LogP contribution < -0.4 is 5.32 Å². The van der Waals surface area contributed by atoms with Crippen LogP contribution in [0.1, 0.15) is 21.6 Å². The highest BCUT2D eigenvalue weighted by Crippen LogP contribution is 2.36. The predicted octanol–water partition coefficient (Wildman–Crippen LogP) is 5.21. The van der Waals surface area contributed by atoms with Gasteiger partial charge in [-0.05, 0) is 43.7 Å². The molecule has 0 bridgehead atoms. The van der Waals surface area contributed by atoms with Gasteiger partial charge in [0.25, 0.3) is 11.6 Å². The summed E-state index contributed by atoms with van der Waals surface area (Å²) in [4.78, 5) is 27.9. The normalized spacial score (nSPS) is 10.6. The molecule has 1 amide bonds. The predicted molar refractivity (Wildman–Crippen MR) is 103 cm³/mol. The summed E-state index contributed by atoms with van der Waals surface area (Å²) in [5.41, 5.74) is 1.44. The maximum Gasteiger partial charge on any atom is 0.284 e. The number of rotatable bonds is 5. The summed E-state index contributed by atoms with van der Waals surface area (Å²) in [6, 6.07) is 8.57. The van der Waals surface area contributed by atoms with Crippen molar-refractivity contribution in [3.05, 3.63) is 74.5 Å². The Bertz CT molecular complexity index is 1040. The van der Waals surface area contributed by atoms with Gasteiger partial charge in [-0.25, -0.2) is 9.37 Å². The molecule has 3 rings (SSSR count). The number of nitrogens with zero attached hydrogens (tertiary/aromatic N) is 2. The first kappa shape index (κ1) is 19.0. The maximum absolute atomic E-state index is 13.9. The summed E-state index contributed by atoms with van der Waals surface area (Å²) >= 11 is 2.55. The number of nitro benzene ring substituents is 1. The number of hydrogen-bond donors (Lipinski definition) is 1. The fourth-order valence-electron chi connectivity index (χ4n) is 2.28. The summed E-state index contributed by atoms with van der Waals surface area (Å²) in [5.74, 6) is -1.19. The lowest BCUT2D eigenvalue weighted by Gasteiger charge is -2.08. The Morgan fingerprint density at radius 3 is 2.67 bits per heavy atom. The van der Waals surface area contributed by atoms with Crippen molar-refractivity contribution in [2.75, 3.05) is 5.32 Å². The van der Waals surface area contributed by atoms with Crippen LogP contribution >= 0.6 is 23.1 Å². The molecule has 0 atom stereocenters. The van der Waals surface area contributed by atoms with E-state index < -0.39 is 16.6 Å². The smallest absolute Gasteiger partial charge is 0.284 e. The van der Waals surface area contributed by atoms with Gasteiger partial charge in [-0.2, -0.15) is 0 Å². The molecule has 6 nitrogen and oxygen atoms in total. The van der Waals surface area contributed by atoms with Crippen LogP contribution in [0.15, 0.2) is 51.0 Å². The number of nitrogens with one attached hydrogen (secondary N) is 1. The fourth-order valence-corrected chi connectivity index (χ4v) is 4.16. The van der Waals surface area contributed by atoms with Gasteiger partial charge >= 0.3 is 0 Å². The molecular formula is C18H14FN3O3S2. The van der Waals surface area contributed by atoms with E-state index in [0.717, 1.165) is 11.3 Å². The molecule has 9 heteroatoms. The van der Waals surface area contributed by atoms with Crippen LogP contribution in [-0.4, -0.2) is 15.8 Å². The second kappa shape index (κ2) is 7.85. The number of carbonyl (C=O) groups is 1. The molecular weight excluding hydrogens is 389 g/mol. The molecule has 0 saturated heterocycles. The van der Waals surface area contributed by atoms with Crippen LogP contribution in [0.25, 0.3) is 0 Å². The van der Waals surface area contributed by atoms with Crippen molar-refractivity contribution in [3.8, 4) is 0 Å². The van der Waals surface area contributed by atoms with Crippen LogP contribution in [0.2, 0.25) is 0 Å². The molecule has 0 saturated carbocycles. The zero-order valence-electron chi connectivity index (χ0n) is 14.4. The van der Waals surface area contributed by atoms with Gasteiger partial charge in [0.2, 0.25) is 0 Å². The van der Waals surface area contributed by atoms with Crippen molar-refractivity contribution < 1.29 is 14.1 Å². The van der Waals surface area contributed by atoms with Crippen LogP contribution in [-0.2, 0) is 0 Å². The number of anilines is 1. The molecule has 27 heavy (non-hydrogen) atoms. The van der Waals surface area contributed by atoms with E-state index in [1.165, 1.54) is 53.4 Å². The van der Waals surface area contributed by atoms with E-state index in [0.29, 0.717) is 9.24 Å². The van der Waals surface area contributed by atoms with Crippen molar-refractivity contribution >= 4 is 40.4 Å². The lowest BCUT2D eigenvalue weighted by molar-refractivity contribution is -0.387. The second-order valence-electron chi connectivity index (χ2n) is 5.73. The first-order valence-corrected chi connectivity index (χ1v) is 9.49. The number of carbonyl (C=O) groups excluding carboxylic acids is 1. The molecule has 1 heterocycles. The number of amides is 1. The summed E-state index contributed by atoms with van der Waals surface area (Å²) in [6.45, 7) is 3.57. The van der Waals surface area contributed by atoms with E-state index in [9.17, 15) is 19.3 Å². The molecule has 3 aromatic rings. The minimum atomic E-state index is -0.623. The number of halogens is 1. The molecule has 1 aromatic heterocycles. The zero-order chi connectivity index (χ0) is 19.6. The Balaban J connectivity index is 1.86. The third-order valence-corrected chi connectivity index (χ3v) is 5.71. The average Bonchev–Trinajstić information content (AvgIpc) is 3.02. The van der Waals surface area contributed by atoms with Gasteiger partial charge in [0.15, 0.2) is 4.34 Å². The molecule has 1 N–H and O–H groups in total. The molecule has 0 aliphatic carbocycles. The number of aromatic nitrogens is 1. The number of thiazole rings is 1. The highest BCUT2D eigenvalue weighted by Gasteiger charge is 2.20. The topological polar surface area (TPSA) is 85.1 Å². The van der Waals surface area contributed by atoms with E-state index in [-0.39, 0.29) is 16.9 Å². The Kier molecular flexibility index (Phi) is 5.52. The maximum atomic E-state index is 13.9. The molecule has 0 aliphatic heterocycles. The number of nitro groups is 1. The highest BCUT2D eigenvalue weighted by atomic mass is 32.2. The molecule has 0 fully saturated rings. The van der Waals surface area contributed by atoms with E-state index in [1.807, 2.05) is 12.3 Å². The summed E-state index contributed by atoms with van der Waals surface area (Å²) in [6.07, 6.45) is 0. The first-order chi connectivity index (χ1) is 12.8.